The van der Waals surface area contributed by atoms with Crippen LogP contribution in [0.3, 0.4) is 0 Å². The lowest BCUT2D eigenvalue weighted by Gasteiger charge is -2.35. The predicted octanol–water partition coefficient (Wildman–Crippen LogP) is 2.46. The second kappa shape index (κ2) is 5.26. The highest BCUT2D eigenvalue weighted by atomic mass is 16.4. The van der Waals surface area contributed by atoms with Gasteiger partial charge in [0.2, 0.25) is 0 Å². The van der Waals surface area contributed by atoms with Gasteiger partial charge in [-0.25, -0.2) is 4.79 Å². The summed E-state index contributed by atoms with van der Waals surface area (Å²) in [5, 5.41) is 11.8. The predicted molar refractivity (Wildman–Crippen MR) is 76.5 cm³/mol. The highest BCUT2D eigenvalue weighted by molar-refractivity contribution is 5.76. The number of carbonyl (C=O) groups excluding carboxylic acids is 1. The average Bonchev–Trinajstić information content (AvgIpc) is 3.16. The van der Waals surface area contributed by atoms with Crippen LogP contribution in [-0.2, 0) is 4.79 Å². The van der Waals surface area contributed by atoms with Crippen molar-refractivity contribution in [2.75, 3.05) is 13.1 Å². The number of carbonyl (C=O) groups is 2. The Bertz CT molecular complexity index is 392. The van der Waals surface area contributed by atoms with Crippen LogP contribution in [-0.4, -0.2) is 40.6 Å². The summed E-state index contributed by atoms with van der Waals surface area (Å²) < 4.78 is 0. The first kappa shape index (κ1) is 15.1. The fourth-order valence-electron chi connectivity index (χ4n) is 2.88. The van der Waals surface area contributed by atoms with Crippen molar-refractivity contribution in [1.29, 1.82) is 0 Å². The van der Waals surface area contributed by atoms with Crippen LogP contribution < -0.4 is 5.32 Å². The van der Waals surface area contributed by atoms with E-state index < -0.39 is 5.97 Å². The number of hydrogen-bond donors (Lipinski definition) is 2. The van der Waals surface area contributed by atoms with Crippen molar-refractivity contribution in [1.82, 2.24) is 10.2 Å². The van der Waals surface area contributed by atoms with Crippen molar-refractivity contribution >= 4 is 12.0 Å². The second-order valence-electron chi connectivity index (χ2n) is 7.26. The van der Waals surface area contributed by atoms with E-state index in [1.54, 1.807) is 4.90 Å². The van der Waals surface area contributed by atoms with Gasteiger partial charge in [-0.3, -0.25) is 4.79 Å². The molecule has 0 atom stereocenters. The molecule has 0 saturated heterocycles. The van der Waals surface area contributed by atoms with Crippen LogP contribution in [0.4, 0.5) is 4.79 Å². The fraction of sp³-hybridized carbons (Fsp3) is 0.867. The normalized spacial score (nSPS) is 20.4. The quantitative estimate of drug-likeness (QED) is 0.786. The third-order valence-electron chi connectivity index (χ3n) is 4.53. The number of nitrogens with zero attached hydrogens (tertiary/aromatic N) is 1. The third kappa shape index (κ3) is 3.64. The Morgan fingerprint density at radius 2 is 1.90 bits per heavy atom. The van der Waals surface area contributed by atoms with Crippen LogP contribution in [0.5, 0.6) is 0 Å². The molecule has 0 aromatic carbocycles. The molecule has 20 heavy (non-hydrogen) atoms. The van der Waals surface area contributed by atoms with E-state index in [1.807, 2.05) is 20.8 Å². The number of urea groups is 1. The molecule has 0 bridgehead atoms. The van der Waals surface area contributed by atoms with Crippen molar-refractivity contribution < 1.29 is 14.7 Å². The first-order chi connectivity index (χ1) is 9.24. The Kier molecular flexibility index (Phi) is 3.98. The van der Waals surface area contributed by atoms with Crippen LogP contribution in [0.15, 0.2) is 0 Å². The highest BCUT2D eigenvalue weighted by Gasteiger charge is 2.53. The molecule has 2 saturated carbocycles. The minimum absolute atomic E-state index is 0.0154. The lowest BCUT2D eigenvalue weighted by Crippen LogP contribution is -2.52. The molecule has 2 amide bonds. The fourth-order valence-corrected chi connectivity index (χ4v) is 2.88. The second-order valence-corrected chi connectivity index (χ2v) is 7.26. The van der Waals surface area contributed by atoms with Crippen LogP contribution in [0, 0.1) is 11.3 Å². The Morgan fingerprint density at radius 1 is 1.30 bits per heavy atom. The van der Waals surface area contributed by atoms with E-state index >= 15 is 0 Å². The molecule has 5 heteroatoms. The largest absolute Gasteiger partial charge is 0.481 e. The number of aliphatic carboxylic acids is 1. The summed E-state index contributed by atoms with van der Waals surface area (Å²) in [6, 6.07) is -0.134. The zero-order valence-electron chi connectivity index (χ0n) is 12.7. The molecule has 0 aromatic heterocycles. The number of nitrogens with one attached hydrogen (secondary N) is 1. The molecule has 0 aromatic rings. The lowest BCUT2D eigenvalue weighted by atomic mass is 10.0. The van der Waals surface area contributed by atoms with Gasteiger partial charge in [0.05, 0.1) is 6.42 Å². The molecule has 2 fully saturated rings. The number of carboxylic acids is 1. The van der Waals surface area contributed by atoms with Gasteiger partial charge >= 0.3 is 12.0 Å². The van der Waals surface area contributed by atoms with Crippen molar-refractivity contribution in [2.24, 2.45) is 11.3 Å². The summed E-state index contributed by atoms with van der Waals surface area (Å²) in [6.45, 7) is 6.80. The van der Waals surface area contributed by atoms with Crippen LogP contribution in [0.1, 0.15) is 52.9 Å². The van der Waals surface area contributed by atoms with E-state index in [1.165, 1.54) is 25.7 Å². The van der Waals surface area contributed by atoms with Gasteiger partial charge in [0.1, 0.15) is 0 Å². The first-order valence-corrected chi connectivity index (χ1v) is 7.52. The number of rotatable bonds is 6. The summed E-state index contributed by atoms with van der Waals surface area (Å²) in [6.07, 6.45) is 5.04. The Labute approximate surface area is 120 Å². The van der Waals surface area contributed by atoms with E-state index in [9.17, 15) is 9.59 Å². The maximum atomic E-state index is 12.3. The van der Waals surface area contributed by atoms with E-state index in [-0.39, 0.29) is 24.5 Å². The molecule has 2 aliphatic rings. The van der Waals surface area contributed by atoms with Gasteiger partial charge in [-0.05, 0) is 57.8 Å². The lowest BCUT2D eigenvalue weighted by molar-refractivity contribution is -0.137. The maximum Gasteiger partial charge on any atom is 0.317 e. The van der Waals surface area contributed by atoms with Crippen LogP contribution in [0.2, 0.25) is 0 Å². The minimum Gasteiger partial charge on any atom is -0.481 e. The van der Waals surface area contributed by atoms with Gasteiger partial charge < -0.3 is 15.3 Å². The molecule has 0 radical (unpaired) electrons. The Morgan fingerprint density at radius 3 is 2.30 bits per heavy atom. The highest BCUT2D eigenvalue weighted by Crippen LogP contribution is 2.60. The van der Waals surface area contributed by atoms with Gasteiger partial charge in [-0.15, -0.1) is 0 Å². The van der Waals surface area contributed by atoms with Crippen LogP contribution in [0.25, 0.3) is 0 Å². The summed E-state index contributed by atoms with van der Waals surface area (Å²) in [5.74, 6) is -0.0615. The monoisotopic (exact) mass is 282 g/mol. The molecule has 0 aliphatic heterocycles. The van der Waals surface area contributed by atoms with Crippen molar-refractivity contribution in [3.8, 4) is 0 Å². The third-order valence-corrected chi connectivity index (χ3v) is 4.53. The summed E-state index contributed by atoms with van der Waals surface area (Å²) >= 11 is 0. The summed E-state index contributed by atoms with van der Waals surface area (Å²) in [7, 11) is 0. The van der Waals surface area contributed by atoms with Gasteiger partial charge in [0.15, 0.2) is 0 Å². The number of amides is 2. The zero-order valence-corrected chi connectivity index (χ0v) is 12.7. The molecule has 2 N–H and O–H groups in total. The molecule has 2 aliphatic carbocycles. The molecular weight excluding hydrogens is 256 g/mol. The van der Waals surface area contributed by atoms with E-state index in [0.717, 1.165) is 12.5 Å². The molecule has 5 nitrogen and oxygen atoms in total. The standard InChI is InChI=1S/C15H26N2O3/c1-14(2,3)17(9-6-12(18)19)13(20)16-10-15(7-8-15)11-4-5-11/h11H,4-10H2,1-3H3,(H,16,20)(H,18,19). The summed E-state index contributed by atoms with van der Waals surface area (Å²) in [5.41, 5.74) is 0.00183. The molecule has 2 rings (SSSR count). The zero-order chi connectivity index (χ0) is 15.0. The molecule has 0 spiro atoms. The molecule has 0 heterocycles. The maximum absolute atomic E-state index is 12.3. The van der Waals surface area contributed by atoms with E-state index in [4.69, 9.17) is 5.11 Å². The number of carboxylic acid groups (broad SMARTS) is 1. The van der Waals surface area contributed by atoms with Gasteiger partial charge in [-0.1, -0.05) is 0 Å². The minimum atomic E-state index is -0.872. The summed E-state index contributed by atoms with van der Waals surface area (Å²) in [4.78, 5) is 24.7. The van der Waals surface area contributed by atoms with Gasteiger partial charge in [0.25, 0.3) is 0 Å². The van der Waals surface area contributed by atoms with Crippen molar-refractivity contribution in [3.63, 3.8) is 0 Å². The van der Waals surface area contributed by atoms with Crippen molar-refractivity contribution in [3.05, 3.63) is 0 Å². The van der Waals surface area contributed by atoms with Gasteiger partial charge in [0, 0.05) is 18.6 Å². The van der Waals surface area contributed by atoms with Crippen LogP contribution >= 0.6 is 0 Å². The topological polar surface area (TPSA) is 69.6 Å². The Hall–Kier alpha value is -1.26. The van der Waals surface area contributed by atoms with E-state index in [0.29, 0.717) is 5.41 Å². The number of hydrogen-bond acceptors (Lipinski definition) is 2. The first-order valence-electron chi connectivity index (χ1n) is 7.52. The van der Waals surface area contributed by atoms with Gasteiger partial charge in [-0.2, -0.15) is 0 Å². The Balaban J connectivity index is 1.87. The molecule has 114 valence electrons. The SMILES string of the molecule is CC(C)(C)N(CCC(=O)O)C(=O)NCC1(C2CC2)CC1. The van der Waals surface area contributed by atoms with Crippen molar-refractivity contribution in [2.45, 2.75) is 58.4 Å². The molecule has 0 unspecified atom stereocenters. The average molecular weight is 282 g/mol. The smallest absolute Gasteiger partial charge is 0.317 e. The molecular formula is C15H26N2O3. The van der Waals surface area contributed by atoms with E-state index in [2.05, 4.69) is 5.32 Å².